The van der Waals surface area contributed by atoms with Crippen molar-refractivity contribution in [2.75, 3.05) is 33.7 Å². The van der Waals surface area contributed by atoms with E-state index < -0.39 is 0 Å². The van der Waals surface area contributed by atoms with E-state index in [9.17, 15) is 5.11 Å². The molecule has 0 aliphatic carbocycles. The lowest BCUT2D eigenvalue weighted by Crippen LogP contribution is -2.46. The molecule has 0 radical (unpaired) electrons. The quantitative estimate of drug-likeness (QED) is 0.903. The van der Waals surface area contributed by atoms with E-state index in [0.29, 0.717) is 12.0 Å². The van der Waals surface area contributed by atoms with Crippen molar-refractivity contribution in [1.82, 2.24) is 9.80 Å². The van der Waals surface area contributed by atoms with Crippen molar-refractivity contribution < 1.29 is 5.11 Å². The minimum Gasteiger partial charge on any atom is -0.387 e. The van der Waals surface area contributed by atoms with E-state index in [4.69, 9.17) is 0 Å². The Balaban J connectivity index is 1.92. The number of likely N-dealkylation sites (N-methyl/N-ethyl adjacent to an activating group) is 1. The fourth-order valence-corrected chi connectivity index (χ4v) is 3.07. The van der Waals surface area contributed by atoms with Crippen molar-refractivity contribution in [2.24, 2.45) is 0 Å². The van der Waals surface area contributed by atoms with Crippen LogP contribution in [0, 0.1) is 0 Å². The van der Waals surface area contributed by atoms with Crippen LogP contribution in [0.5, 0.6) is 0 Å². The molecule has 1 N–H and O–H groups in total. The summed E-state index contributed by atoms with van der Waals surface area (Å²) in [6.45, 7) is 7.30. The lowest BCUT2D eigenvalue weighted by molar-refractivity contribution is 0.0722. The standard InChI is InChI=1S/C18H30N2O/c1-14(2)15-7-9-16(10-8-15)18(21)13-20-11-5-6-17(12-20)19(3)4/h7-10,14,17-18,21H,5-6,11-13H2,1-4H3. The first-order valence-corrected chi connectivity index (χ1v) is 8.14. The topological polar surface area (TPSA) is 26.7 Å². The van der Waals surface area contributed by atoms with Crippen molar-refractivity contribution in [2.45, 2.75) is 44.8 Å². The summed E-state index contributed by atoms with van der Waals surface area (Å²) in [4.78, 5) is 4.70. The summed E-state index contributed by atoms with van der Waals surface area (Å²) in [7, 11) is 4.30. The highest BCUT2D eigenvalue weighted by Crippen LogP contribution is 2.21. The summed E-state index contributed by atoms with van der Waals surface area (Å²) in [6, 6.07) is 9.06. The summed E-state index contributed by atoms with van der Waals surface area (Å²) in [6.07, 6.45) is 2.11. The van der Waals surface area contributed by atoms with Gasteiger partial charge in [0.15, 0.2) is 0 Å². The highest BCUT2D eigenvalue weighted by atomic mass is 16.3. The molecule has 1 aliphatic heterocycles. The van der Waals surface area contributed by atoms with Crippen molar-refractivity contribution in [3.8, 4) is 0 Å². The number of hydrogen-bond donors (Lipinski definition) is 1. The van der Waals surface area contributed by atoms with E-state index in [1.54, 1.807) is 0 Å². The van der Waals surface area contributed by atoms with E-state index >= 15 is 0 Å². The Morgan fingerprint density at radius 1 is 1.19 bits per heavy atom. The monoisotopic (exact) mass is 290 g/mol. The molecule has 3 nitrogen and oxygen atoms in total. The Labute approximate surface area is 129 Å². The van der Waals surface area contributed by atoms with E-state index in [1.807, 2.05) is 0 Å². The highest BCUT2D eigenvalue weighted by Gasteiger charge is 2.23. The zero-order valence-corrected chi connectivity index (χ0v) is 13.9. The number of nitrogens with zero attached hydrogens (tertiary/aromatic N) is 2. The van der Waals surface area contributed by atoms with Crippen LogP contribution in [0.15, 0.2) is 24.3 Å². The summed E-state index contributed by atoms with van der Waals surface area (Å²) >= 11 is 0. The molecule has 2 rings (SSSR count). The van der Waals surface area contributed by atoms with Gasteiger partial charge < -0.3 is 10.0 Å². The number of β-amino-alcohol motifs (C(OH)–C–C–N with tert-alkyl or cyclic N) is 1. The molecule has 1 aromatic rings. The van der Waals surface area contributed by atoms with Gasteiger partial charge in [0.2, 0.25) is 0 Å². The minimum absolute atomic E-state index is 0.382. The van der Waals surface area contributed by atoms with Crippen LogP contribution >= 0.6 is 0 Å². The molecule has 0 bridgehead atoms. The average Bonchev–Trinajstić information content (AvgIpc) is 2.47. The van der Waals surface area contributed by atoms with Gasteiger partial charge >= 0.3 is 0 Å². The molecule has 1 saturated heterocycles. The normalized spacial score (nSPS) is 22.0. The van der Waals surface area contributed by atoms with Crippen LogP contribution in [-0.2, 0) is 0 Å². The number of aliphatic hydroxyl groups excluding tert-OH is 1. The predicted molar refractivity (Wildman–Crippen MR) is 88.6 cm³/mol. The van der Waals surface area contributed by atoms with Gasteiger partial charge in [-0.15, -0.1) is 0 Å². The van der Waals surface area contributed by atoms with Crippen LogP contribution in [0.3, 0.4) is 0 Å². The van der Waals surface area contributed by atoms with Gasteiger partial charge in [0.05, 0.1) is 6.10 Å². The van der Waals surface area contributed by atoms with Crippen LogP contribution in [0.2, 0.25) is 0 Å². The van der Waals surface area contributed by atoms with Gasteiger partial charge in [0, 0.05) is 19.1 Å². The molecule has 0 saturated carbocycles. The Morgan fingerprint density at radius 2 is 1.81 bits per heavy atom. The van der Waals surface area contributed by atoms with Gasteiger partial charge in [-0.05, 0) is 50.5 Å². The van der Waals surface area contributed by atoms with Crippen molar-refractivity contribution >= 4 is 0 Å². The van der Waals surface area contributed by atoms with Crippen molar-refractivity contribution in [3.05, 3.63) is 35.4 Å². The average molecular weight is 290 g/mol. The van der Waals surface area contributed by atoms with Crippen LogP contribution in [0.25, 0.3) is 0 Å². The maximum absolute atomic E-state index is 10.5. The molecule has 1 heterocycles. The van der Waals surface area contributed by atoms with E-state index in [-0.39, 0.29) is 6.10 Å². The molecule has 118 valence electrons. The summed E-state index contributed by atoms with van der Waals surface area (Å²) in [5.74, 6) is 0.541. The molecular formula is C18H30N2O. The second kappa shape index (κ2) is 7.39. The Morgan fingerprint density at radius 3 is 2.38 bits per heavy atom. The largest absolute Gasteiger partial charge is 0.387 e. The second-order valence-corrected chi connectivity index (χ2v) is 6.86. The zero-order valence-electron chi connectivity index (χ0n) is 13.9. The first-order chi connectivity index (χ1) is 9.97. The smallest absolute Gasteiger partial charge is 0.0916 e. The molecule has 1 aromatic carbocycles. The molecule has 1 aliphatic rings. The van der Waals surface area contributed by atoms with Gasteiger partial charge in [-0.2, -0.15) is 0 Å². The first kappa shape index (κ1) is 16.5. The van der Waals surface area contributed by atoms with E-state index in [1.165, 1.54) is 18.4 Å². The Bertz CT molecular complexity index is 427. The Kier molecular flexibility index (Phi) is 5.80. The van der Waals surface area contributed by atoms with Gasteiger partial charge in [-0.1, -0.05) is 38.1 Å². The minimum atomic E-state index is -0.382. The lowest BCUT2D eigenvalue weighted by atomic mass is 9.99. The van der Waals surface area contributed by atoms with E-state index in [0.717, 1.165) is 25.2 Å². The predicted octanol–water partition coefficient (Wildman–Crippen LogP) is 2.87. The number of aliphatic hydroxyl groups is 1. The molecule has 3 heteroatoms. The summed E-state index contributed by atoms with van der Waals surface area (Å²) in [5.41, 5.74) is 2.36. The summed E-state index contributed by atoms with van der Waals surface area (Å²) in [5, 5.41) is 10.5. The zero-order chi connectivity index (χ0) is 15.4. The SMILES string of the molecule is CC(C)c1ccc(C(O)CN2CCCC(N(C)C)C2)cc1. The third-order valence-electron chi connectivity index (χ3n) is 4.63. The van der Waals surface area contributed by atoms with Gasteiger partial charge in [0.25, 0.3) is 0 Å². The second-order valence-electron chi connectivity index (χ2n) is 6.86. The maximum Gasteiger partial charge on any atom is 0.0916 e. The molecular weight excluding hydrogens is 260 g/mol. The number of benzene rings is 1. The first-order valence-electron chi connectivity index (χ1n) is 8.14. The van der Waals surface area contributed by atoms with Crippen LogP contribution in [-0.4, -0.2) is 54.7 Å². The molecule has 2 unspecified atom stereocenters. The Hall–Kier alpha value is -0.900. The summed E-state index contributed by atoms with van der Waals surface area (Å²) < 4.78 is 0. The third-order valence-corrected chi connectivity index (χ3v) is 4.63. The third kappa shape index (κ3) is 4.53. The molecule has 2 atom stereocenters. The van der Waals surface area contributed by atoms with Crippen molar-refractivity contribution in [3.63, 3.8) is 0 Å². The maximum atomic E-state index is 10.5. The fourth-order valence-electron chi connectivity index (χ4n) is 3.07. The molecule has 21 heavy (non-hydrogen) atoms. The highest BCUT2D eigenvalue weighted by molar-refractivity contribution is 5.26. The molecule has 0 aromatic heterocycles. The van der Waals surface area contributed by atoms with Gasteiger partial charge in [-0.25, -0.2) is 0 Å². The van der Waals surface area contributed by atoms with Gasteiger partial charge in [0.1, 0.15) is 0 Å². The van der Waals surface area contributed by atoms with Crippen LogP contribution in [0.4, 0.5) is 0 Å². The number of likely N-dealkylation sites (tertiary alicyclic amines) is 1. The molecule has 1 fully saturated rings. The lowest BCUT2D eigenvalue weighted by Gasteiger charge is -2.37. The number of piperidine rings is 1. The molecule has 0 amide bonds. The number of hydrogen-bond acceptors (Lipinski definition) is 3. The van der Waals surface area contributed by atoms with Gasteiger partial charge in [-0.3, -0.25) is 4.90 Å². The fraction of sp³-hybridized carbons (Fsp3) is 0.667. The molecule has 0 spiro atoms. The van der Waals surface area contributed by atoms with E-state index in [2.05, 4.69) is 62.0 Å². The number of rotatable bonds is 5. The van der Waals surface area contributed by atoms with Crippen LogP contribution < -0.4 is 0 Å². The van der Waals surface area contributed by atoms with Crippen molar-refractivity contribution in [1.29, 1.82) is 0 Å². The van der Waals surface area contributed by atoms with Crippen LogP contribution in [0.1, 0.15) is 49.8 Å².